The number of aromatic hydroxyl groups is 2. The maximum Gasteiger partial charge on any atom is 0.294 e. The van der Waals surface area contributed by atoms with E-state index in [9.17, 15) is 15.3 Å². The van der Waals surface area contributed by atoms with Crippen molar-refractivity contribution in [3.05, 3.63) is 57.3 Å². The number of phenolic OH excluding ortho intramolecular Hbond substituents is 2. The highest BCUT2D eigenvalue weighted by molar-refractivity contribution is 8.01. The summed E-state index contributed by atoms with van der Waals surface area (Å²) in [6.45, 7) is 29.6. The van der Waals surface area contributed by atoms with Crippen LogP contribution < -0.4 is 0 Å². The first kappa shape index (κ1) is 39.1. The van der Waals surface area contributed by atoms with E-state index in [-0.39, 0.29) is 40.6 Å². The van der Waals surface area contributed by atoms with Crippen molar-refractivity contribution in [3.8, 4) is 11.5 Å². The first-order chi connectivity index (χ1) is 19.7. The molecule has 242 valence electrons. The van der Waals surface area contributed by atoms with Gasteiger partial charge in [0.15, 0.2) is 0 Å². The number of hydrogen-bond donors (Lipinski definition) is 5. The van der Waals surface area contributed by atoms with Gasteiger partial charge in [0, 0.05) is 53.6 Å². The number of benzene rings is 2. The van der Waals surface area contributed by atoms with Crippen LogP contribution in [0.3, 0.4) is 0 Å². The lowest BCUT2D eigenvalue weighted by atomic mass is 9.77. The summed E-state index contributed by atoms with van der Waals surface area (Å²) in [6, 6.07) is 7.56. The molecular formula is C35H55NO5S2. The zero-order chi connectivity index (χ0) is 33.2. The van der Waals surface area contributed by atoms with E-state index in [1.165, 1.54) is 12.8 Å². The molecule has 0 unspecified atom stereocenters. The van der Waals surface area contributed by atoms with Crippen molar-refractivity contribution in [1.29, 1.82) is 0 Å². The molecule has 1 aliphatic heterocycles. The summed E-state index contributed by atoms with van der Waals surface area (Å²) >= 11 is 5.51. The van der Waals surface area contributed by atoms with E-state index < -0.39 is 0 Å². The molecule has 0 spiro atoms. The van der Waals surface area contributed by atoms with Crippen LogP contribution in [0.15, 0.2) is 34.1 Å². The van der Waals surface area contributed by atoms with Crippen LogP contribution in [-0.4, -0.2) is 46.9 Å². The summed E-state index contributed by atoms with van der Waals surface area (Å²) < 4.78 is 8.31. The van der Waals surface area contributed by atoms with Gasteiger partial charge < -0.3 is 25.2 Å². The minimum Gasteiger partial charge on any atom is -0.507 e. The van der Waals surface area contributed by atoms with Crippen LogP contribution in [-0.2, 0) is 26.4 Å². The van der Waals surface area contributed by atoms with Gasteiger partial charge in [-0.3, -0.25) is 0 Å². The van der Waals surface area contributed by atoms with Gasteiger partial charge in [-0.05, 0) is 71.6 Å². The summed E-state index contributed by atoms with van der Waals surface area (Å²) in [7, 11) is 0. The Bertz CT molecular complexity index is 1210. The van der Waals surface area contributed by atoms with Crippen LogP contribution in [0.2, 0.25) is 0 Å². The Hall–Kier alpha value is -1.89. The second-order valence-corrected chi connectivity index (χ2v) is 15.8. The topological polar surface area (TPSA) is 94.5 Å². The maximum atomic E-state index is 10.6. The van der Waals surface area contributed by atoms with Gasteiger partial charge in [0.2, 0.25) is 0 Å². The average molecular weight is 634 g/mol. The Balaban J connectivity index is 0.000000370. The Morgan fingerprint density at radius 1 is 0.721 bits per heavy atom. The zero-order valence-corrected chi connectivity index (χ0v) is 29.7. The van der Waals surface area contributed by atoms with Crippen molar-refractivity contribution in [2.24, 2.45) is 0 Å². The predicted molar refractivity (Wildman–Crippen MR) is 183 cm³/mol. The molecule has 0 aliphatic carbocycles. The van der Waals surface area contributed by atoms with E-state index in [0.717, 1.165) is 57.2 Å². The summed E-state index contributed by atoms with van der Waals surface area (Å²) in [5.41, 5.74) is 2.46. The molecular weight excluding hydrogens is 579 g/mol. The Labute approximate surface area is 270 Å². The second kappa shape index (κ2) is 16.4. The van der Waals surface area contributed by atoms with Crippen LogP contribution in [0.25, 0.3) is 4.25 Å². The van der Waals surface area contributed by atoms with Crippen LogP contribution in [0.5, 0.6) is 11.5 Å². The van der Waals surface area contributed by atoms with Crippen LogP contribution in [0, 0.1) is 6.57 Å². The molecule has 6 nitrogen and oxygen atoms in total. The number of thiol groups is 1. The molecule has 43 heavy (non-hydrogen) atoms. The van der Waals surface area contributed by atoms with Crippen molar-refractivity contribution in [1.82, 2.24) is 0 Å². The highest BCUT2D eigenvalue weighted by Gasteiger charge is 2.30. The largest absolute Gasteiger partial charge is 0.507 e. The quantitative estimate of drug-likeness (QED) is 0.119. The van der Waals surface area contributed by atoms with Crippen molar-refractivity contribution in [2.45, 2.75) is 126 Å². The molecule has 0 amide bonds. The Morgan fingerprint density at radius 2 is 1.09 bits per heavy atom. The summed E-state index contributed by atoms with van der Waals surface area (Å²) in [4.78, 5) is 1.68. The number of ether oxygens (including phenoxy) is 1. The van der Waals surface area contributed by atoms with Gasteiger partial charge >= 0.3 is 0 Å². The van der Waals surface area contributed by atoms with Crippen LogP contribution >= 0.6 is 24.6 Å². The second-order valence-electron chi connectivity index (χ2n) is 14.5. The Kier molecular flexibility index (Phi) is 15.0. The number of phenols is 2. The van der Waals surface area contributed by atoms with Crippen LogP contribution in [0.1, 0.15) is 117 Å². The number of hydrogen-bond acceptors (Lipinski definition) is 7. The van der Waals surface area contributed by atoms with Gasteiger partial charge in [-0.15, -0.1) is 12.6 Å². The highest BCUT2D eigenvalue weighted by atomic mass is 32.2. The Morgan fingerprint density at radius 3 is 1.44 bits per heavy atom. The lowest BCUT2D eigenvalue weighted by Crippen LogP contribution is -2.21. The first-order valence-electron chi connectivity index (χ1n) is 15.0. The number of rotatable bonds is 7. The molecule has 2 aromatic rings. The number of nitrogens with zero attached hydrogens (tertiary/aromatic N) is 1. The lowest BCUT2D eigenvalue weighted by Gasteiger charge is -2.29. The standard InChI is InChI=1S/C16H23NO2S.C15H24O2S.C4H8O/c1-15(2,3)12-9-11(20-17-6)10-13(14(12)19)16(4,5)7-8-18;1-14(2,3)11-8-10(18)9-12(13(11)17)15(4,5)6-7-16;1-2-4-5-3-1/h9-10,18-19H,7-8H2,1-5H3;8-9,16-18H,6-7H2,1-5H3;1-4H2. The van der Waals surface area contributed by atoms with Crippen molar-refractivity contribution < 1.29 is 25.2 Å². The average Bonchev–Trinajstić information content (AvgIpc) is 3.45. The van der Waals surface area contributed by atoms with E-state index in [1.807, 2.05) is 72.7 Å². The third kappa shape index (κ3) is 11.9. The monoisotopic (exact) mass is 633 g/mol. The minimum absolute atomic E-state index is 0.0669. The third-order valence-electron chi connectivity index (χ3n) is 7.70. The number of aliphatic hydroxyl groups is 2. The molecule has 4 N–H and O–H groups in total. The molecule has 3 rings (SSSR count). The zero-order valence-electron chi connectivity index (χ0n) is 28.0. The fourth-order valence-corrected chi connectivity index (χ4v) is 5.55. The fraction of sp³-hybridized carbons (Fsp3) is 0.629. The summed E-state index contributed by atoms with van der Waals surface area (Å²) in [6.07, 6.45) is 3.73. The summed E-state index contributed by atoms with van der Waals surface area (Å²) in [5, 5.41) is 39.5. The first-order valence-corrected chi connectivity index (χ1v) is 16.2. The van der Waals surface area contributed by atoms with Gasteiger partial charge in [0.25, 0.3) is 11.9 Å². The van der Waals surface area contributed by atoms with Crippen LogP contribution in [0.4, 0.5) is 0 Å². The normalized spacial score (nSPS) is 13.9. The predicted octanol–water partition coefficient (Wildman–Crippen LogP) is 8.71. The molecule has 0 bridgehead atoms. The van der Waals surface area contributed by atoms with E-state index >= 15 is 0 Å². The molecule has 1 saturated heterocycles. The molecule has 8 heteroatoms. The van der Waals surface area contributed by atoms with E-state index in [4.69, 9.17) is 16.4 Å². The SMILES string of the molecule is C1CCOC1.CC(C)(C)c1cc(S)cc(C(C)(C)CCO)c1O.[C-]#[N+]Sc1cc(C(C)(C)C)c(O)c(C(C)(C)CCO)c1. The van der Waals surface area contributed by atoms with Crippen molar-refractivity contribution >= 4 is 24.6 Å². The van der Waals surface area contributed by atoms with E-state index in [2.05, 4.69) is 37.7 Å². The van der Waals surface area contributed by atoms with Gasteiger partial charge in [-0.2, -0.15) is 0 Å². The smallest absolute Gasteiger partial charge is 0.294 e. The van der Waals surface area contributed by atoms with Gasteiger partial charge in [-0.25, -0.2) is 10.8 Å². The lowest BCUT2D eigenvalue weighted by molar-refractivity contribution is 0.198. The molecule has 0 aromatic heterocycles. The van der Waals surface area contributed by atoms with Crippen molar-refractivity contribution in [2.75, 3.05) is 26.4 Å². The fourth-order valence-electron chi connectivity index (χ4n) is 4.85. The van der Waals surface area contributed by atoms with E-state index in [0.29, 0.717) is 18.6 Å². The molecule has 0 radical (unpaired) electrons. The molecule has 1 fully saturated rings. The van der Waals surface area contributed by atoms with Gasteiger partial charge in [0.1, 0.15) is 11.5 Å². The van der Waals surface area contributed by atoms with E-state index in [1.54, 1.807) is 0 Å². The molecule has 0 saturated carbocycles. The minimum atomic E-state index is -0.336. The summed E-state index contributed by atoms with van der Waals surface area (Å²) in [5.74, 6) is 0.615. The molecule has 2 aromatic carbocycles. The molecule has 1 aliphatic rings. The van der Waals surface area contributed by atoms with Gasteiger partial charge in [-0.1, -0.05) is 69.2 Å². The third-order valence-corrected chi connectivity index (χ3v) is 8.50. The highest BCUT2D eigenvalue weighted by Crippen LogP contribution is 2.44. The number of aliphatic hydroxyl groups excluding tert-OH is 2. The van der Waals surface area contributed by atoms with Crippen molar-refractivity contribution in [3.63, 3.8) is 0 Å². The van der Waals surface area contributed by atoms with Gasteiger partial charge in [0.05, 0.1) is 4.90 Å². The molecule has 1 heterocycles. The maximum absolute atomic E-state index is 10.6. The molecule has 0 atom stereocenters.